The molecule has 1 aromatic heterocycles. The molecule has 17 nitrogen and oxygen atoms in total. The van der Waals surface area contributed by atoms with Crippen LogP contribution in [0.1, 0.15) is 151 Å². The number of urea groups is 1. The van der Waals surface area contributed by atoms with Gasteiger partial charge in [-0.25, -0.2) is 27.8 Å². The number of carbonyl (C=O) groups excluding carboxylic acids is 3. The van der Waals surface area contributed by atoms with Crippen LogP contribution in [0.15, 0.2) is 15.6 Å². The summed E-state index contributed by atoms with van der Waals surface area (Å²) in [5, 5.41) is 9.26. The SMILES string of the molecule is CC(C)(C)OC(=O)NC(=NCc1cc([C@@H]2CC[C@@H]3CN2C(=O)N3OS(=O)(=O)[O-])no1)NC(=O)OC(C)(C)C.CCCC[N+](CCCC)(CCCC)CCCC. The van der Waals surface area contributed by atoms with Crippen LogP contribution in [0.2, 0.25) is 0 Å². The Labute approximate surface area is 328 Å². The number of hydroxylamine groups is 2. The van der Waals surface area contributed by atoms with E-state index in [0.717, 1.165) is 0 Å². The lowest BCUT2D eigenvalue weighted by Gasteiger charge is -2.39. The number of nitrogens with zero attached hydrogens (tertiary/aromatic N) is 5. The average Bonchev–Trinajstić information content (AvgIpc) is 3.63. The summed E-state index contributed by atoms with van der Waals surface area (Å²) in [4.78, 5) is 42.6. The van der Waals surface area contributed by atoms with Crippen molar-refractivity contribution in [3.05, 3.63) is 17.5 Å². The fraction of sp³-hybridized carbons (Fsp3) is 0.811. The zero-order valence-electron chi connectivity index (χ0n) is 34.8. The second kappa shape index (κ2) is 21.7. The first kappa shape index (κ1) is 47.7. The minimum absolute atomic E-state index is 0.142. The zero-order chi connectivity index (χ0) is 41.5. The maximum Gasteiger partial charge on any atom is 0.414 e. The number of unbranched alkanes of at least 4 members (excludes halogenated alkanes) is 4. The van der Waals surface area contributed by atoms with Gasteiger partial charge in [-0.3, -0.25) is 10.6 Å². The summed E-state index contributed by atoms with van der Waals surface area (Å²) in [6.07, 6.45) is 10.1. The number of ether oxygens (including phenoxy) is 2. The summed E-state index contributed by atoms with van der Waals surface area (Å²) >= 11 is 0. The molecule has 2 bridgehead atoms. The Hall–Kier alpha value is -3.48. The second-order valence-corrected chi connectivity index (χ2v) is 17.2. The second-order valence-electron chi connectivity index (χ2n) is 16.3. The molecule has 2 N–H and O–H groups in total. The normalized spacial score (nSPS) is 17.3. The third kappa shape index (κ3) is 17.5. The lowest BCUT2D eigenvalue weighted by atomic mass is 9.98. The van der Waals surface area contributed by atoms with Gasteiger partial charge in [-0.2, -0.15) is 9.35 Å². The van der Waals surface area contributed by atoms with Crippen molar-refractivity contribution in [3.8, 4) is 0 Å². The maximum atomic E-state index is 12.6. The van der Waals surface area contributed by atoms with Gasteiger partial charge in [0.2, 0.25) is 16.4 Å². The Bertz CT molecular complexity index is 1430. The largest absolute Gasteiger partial charge is 0.724 e. The number of amides is 4. The van der Waals surface area contributed by atoms with E-state index in [2.05, 4.69) is 52.8 Å². The molecular formula is C37H67N7O10S. The number of hydrogen-bond donors (Lipinski definition) is 2. The Morgan fingerprint density at radius 2 is 1.36 bits per heavy atom. The summed E-state index contributed by atoms with van der Waals surface area (Å²) in [6.45, 7) is 25.0. The molecule has 0 aromatic carbocycles. The molecule has 2 aliphatic heterocycles. The number of alkyl carbamates (subject to hydrolysis) is 2. The number of quaternary nitrogens is 1. The minimum Gasteiger partial charge on any atom is -0.724 e. The van der Waals surface area contributed by atoms with Crippen molar-refractivity contribution in [1.29, 1.82) is 0 Å². The van der Waals surface area contributed by atoms with Crippen molar-refractivity contribution >= 4 is 34.6 Å². The number of aromatic nitrogens is 1. The summed E-state index contributed by atoms with van der Waals surface area (Å²) in [5.74, 6) is -0.0215. The van der Waals surface area contributed by atoms with Crippen LogP contribution in [0.3, 0.4) is 0 Å². The van der Waals surface area contributed by atoms with Gasteiger partial charge in [-0.15, -0.1) is 0 Å². The minimum atomic E-state index is -5.11. The first-order valence-electron chi connectivity index (χ1n) is 19.7. The average molecular weight is 802 g/mol. The third-order valence-electron chi connectivity index (χ3n) is 8.99. The van der Waals surface area contributed by atoms with E-state index < -0.39 is 51.9 Å². The molecule has 4 amide bonds. The molecule has 0 saturated carbocycles. The van der Waals surface area contributed by atoms with Crippen molar-refractivity contribution in [2.24, 2.45) is 4.99 Å². The van der Waals surface area contributed by atoms with Gasteiger partial charge in [0.1, 0.15) is 23.4 Å². The highest BCUT2D eigenvalue weighted by Crippen LogP contribution is 2.38. The van der Waals surface area contributed by atoms with Crippen LogP contribution < -0.4 is 10.6 Å². The number of nitrogens with one attached hydrogen (secondary N) is 2. The third-order valence-corrected chi connectivity index (χ3v) is 9.33. The standard InChI is InChI=1S/C21H32N6O10S.C16H36N/c1-20(2,3)34-17(28)23-16(24-18(29)35-21(4,5)6)22-10-13-9-14(25-36-13)15-8-7-12-11-26(15)19(30)27(12)37-38(31,32)33;1-5-9-13-17(14-10-6-2,15-11-7-3)16-12-8-4/h9,12,15H,7-8,10-11H2,1-6H3,(H,31,32,33)(H2,22,23,24,28,29);5-16H2,1-4H3/q;+1/p-1/t12-,15+;/m1./s1. The summed E-state index contributed by atoms with van der Waals surface area (Å²) in [7, 11) is -5.11. The van der Waals surface area contributed by atoms with E-state index in [9.17, 15) is 27.4 Å². The van der Waals surface area contributed by atoms with Gasteiger partial charge in [0.25, 0.3) is 0 Å². The first-order chi connectivity index (χ1) is 25.6. The summed E-state index contributed by atoms with van der Waals surface area (Å²) < 4.78 is 54.4. The zero-order valence-corrected chi connectivity index (χ0v) is 35.6. The van der Waals surface area contributed by atoms with Crippen LogP contribution in [-0.4, -0.2) is 107 Å². The smallest absolute Gasteiger partial charge is 0.414 e. The Morgan fingerprint density at radius 3 is 1.78 bits per heavy atom. The van der Waals surface area contributed by atoms with Crippen LogP contribution >= 0.6 is 0 Å². The van der Waals surface area contributed by atoms with E-state index >= 15 is 0 Å². The number of guanidine groups is 1. The fourth-order valence-corrected chi connectivity index (χ4v) is 6.79. The molecule has 316 valence electrons. The Morgan fingerprint density at radius 1 is 0.891 bits per heavy atom. The van der Waals surface area contributed by atoms with Crippen molar-refractivity contribution in [2.75, 3.05) is 32.7 Å². The van der Waals surface area contributed by atoms with Gasteiger partial charge >= 0.3 is 18.2 Å². The number of hydrogen-bond acceptors (Lipinski definition) is 12. The van der Waals surface area contributed by atoms with Crippen molar-refractivity contribution in [2.45, 2.75) is 163 Å². The van der Waals surface area contributed by atoms with E-state index in [-0.39, 0.29) is 24.8 Å². The molecule has 2 aliphatic rings. The number of fused-ring (bicyclic) bond motifs is 2. The molecule has 2 fully saturated rings. The van der Waals surface area contributed by atoms with Crippen molar-refractivity contribution < 1.29 is 50.1 Å². The van der Waals surface area contributed by atoms with Gasteiger partial charge in [-0.05, 0) is 80.1 Å². The number of piperidine rings is 1. The van der Waals surface area contributed by atoms with Crippen molar-refractivity contribution in [1.82, 2.24) is 25.8 Å². The van der Waals surface area contributed by atoms with E-state index in [4.69, 9.17) is 14.0 Å². The fourth-order valence-electron chi connectivity index (χ4n) is 6.41. The quantitative estimate of drug-likeness (QED) is 0.0544. The Kier molecular flexibility index (Phi) is 18.8. The molecular weight excluding hydrogens is 735 g/mol. The van der Waals surface area contributed by atoms with E-state index in [0.29, 0.717) is 23.6 Å². The van der Waals surface area contributed by atoms with E-state index in [1.807, 2.05) is 0 Å². The van der Waals surface area contributed by atoms with Crippen LogP contribution in [0.4, 0.5) is 14.4 Å². The lowest BCUT2D eigenvalue weighted by Crippen LogP contribution is -2.50. The predicted molar refractivity (Wildman–Crippen MR) is 206 cm³/mol. The van der Waals surface area contributed by atoms with E-state index in [1.54, 1.807) is 41.5 Å². The number of rotatable bonds is 17. The maximum absolute atomic E-state index is 12.6. The van der Waals surface area contributed by atoms with Crippen molar-refractivity contribution in [3.63, 3.8) is 0 Å². The molecule has 2 saturated heterocycles. The van der Waals surface area contributed by atoms with Crippen LogP contribution in [0.5, 0.6) is 0 Å². The van der Waals surface area contributed by atoms with Gasteiger partial charge in [-0.1, -0.05) is 58.5 Å². The molecule has 3 rings (SSSR count). The van der Waals surface area contributed by atoms with Crippen LogP contribution in [0.25, 0.3) is 0 Å². The first-order valence-corrected chi connectivity index (χ1v) is 21.1. The van der Waals surface area contributed by atoms with Gasteiger partial charge in [0.05, 0.1) is 38.3 Å². The lowest BCUT2D eigenvalue weighted by molar-refractivity contribution is -0.929. The molecule has 18 heteroatoms. The molecule has 2 atom stereocenters. The molecule has 0 unspecified atom stereocenters. The molecule has 55 heavy (non-hydrogen) atoms. The molecule has 3 heterocycles. The van der Waals surface area contributed by atoms with Crippen LogP contribution in [0, 0.1) is 0 Å². The molecule has 0 spiro atoms. The summed E-state index contributed by atoms with van der Waals surface area (Å²) in [6, 6.07) is -0.375. The predicted octanol–water partition coefficient (Wildman–Crippen LogP) is 6.92. The Balaban J connectivity index is 0.000000518. The molecule has 1 aromatic rings. The highest BCUT2D eigenvalue weighted by atomic mass is 32.3. The topological polar surface area (TPSA) is 205 Å². The van der Waals surface area contributed by atoms with E-state index in [1.165, 1.54) is 93.0 Å². The monoisotopic (exact) mass is 801 g/mol. The van der Waals surface area contributed by atoms with Gasteiger partial charge in [0.15, 0.2) is 5.76 Å². The highest BCUT2D eigenvalue weighted by Gasteiger charge is 2.47. The number of carbonyl (C=O) groups is 3. The highest BCUT2D eigenvalue weighted by molar-refractivity contribution is 7.80. The van der Waals surface area contributed by atoms with Gasteiger partial charge in [0, 0.05) is 12.6 Å². The van der Waals surface area contributed by atoms with Gasteiger partial charge < -0.3 is 27.9 Å². The summed E-state index contributed by atoms with van der Waals surface area (Å²) in [5.41, 5.74) is -1.23. The molecule has 0 radical (unpaired) electrons. The molecule has 0 aliphatic carbocycles. The van der Waals surface area contributed by atoms with Crippen LogP contribution in [-0.2, 0) is 30.7 Å². The number of aliphatic imine (C=N–C) groups is 1.